The van der Waals surface area contributed by atoms with Gasteiger partial charge in [-0.05, 0) is 65.4 Å². The van der Waals surface area contributed by atoms with Crippen LogP contribution in [0.25, 0.3) is 0 Å². The fourth-order valence-corrected chi connectivity index (χ4v) is 4.10. The van der Waals surface area contributed by atoms with Crippen LogP contribution in [0, 0.1) is 5.92 Å². The topological polar surface area (TPSA) is 17.0 Å². The molecule has 0 bridgehead atoms. The van der Waals surface area contributed by atoms with Crippen molar-refractivity contribution in [3.05, 3.63) is 44.8 Å². The molecular formula is C16H21BrN2S. The van der Waals surface area contributed by atoms with Crippen molar-refractivity contribution < 1.29 is 0 Å². The van der Waals surface area contributed by atoms with Crippen molar-refractivity contribution in [3.8, 4) is 0 Å². The fraction of sp³-hybridized carbons (Fsp3) is 0.500. The Hall–Kier alpha value is -0.580. The van der Waals surface area contributed by atoms with E-state index in [0.29, 0.717) is 6.04 Å². The Bertz CT molecular complexity index is 556. The first-order valence-electron chi connectivity index (χ1n) is 7.38. The summed E-state index contributed by atoms with van der Waals surface area (Å²) in [5.74, 6) is 0.855. The summed E-state index contributed by atoms with van der Waals surface area (Å²) in [7, 11) is 0. The van der Waals surface area contributed by atoms with E-state index in [2.05, 4.69) is 62.6 Å². The van der Waals surface area contributed by atoms with E-state index in [9.17, 15) is 0 Å². The predicted molar refractivity (Wildman–Crippen MR) is 89.3 cm³/mol. The molecule has 2 nitrogen and oxygen atoms in total. The molecule has 2 aromatic heterocycles. The lowest BCUT2D eigenvalue weighted by Gasteiger charge is -2.16. The summed E-state index contributed by atoms with van der Waals surface area (Å²) in [6.45, 7) is 4.32. The highest BCUT2D eigenvalue weighted by Gasteiger charge is 2.32. The molecule has 1 aliphatic carbocycles. The number of aromatic nitrogens is 1. The van der Waals surface area contributed by atoms with Crippen LogP contribution in [-0.2, 0) is 6.54 Å². The van der Waals surface area contributed by atoms with Gasteiger partial charge in [-0.25, -0.2) is 0 Å². The molecular weight excluding hydrogens is 332 g/mol. The Balaban J connectivity index is 1.68. The molecule has 1 unspecified atom stereocenters. The number of nitrogens with zero attached hydrogens (tertiary/aromatic N) is 1. The minimum absolute atomic E-state index is 0.561. The number of thiophene rings is 1. The van der Waals surface area contributed by atoms with Gasteiger partial charge < -0.3 is 9.88 Å². The summed E-state index contributed by atoms with van der Waals surface area (Å²) >= 11 is 5.33. The zero-order chi connectivity index (χ0) is 13.9. The standard InChI is InChI=1S/C16H21BrN2S/c1-2-6-18-16(12-3-4-12)13-5-7-19(9-13)10-15-8-14(17)11-20-15/h5,7-9,11-12,16,18H,2-4,6,10H2,1H3. The van der Waals surface area contributed by atoms with Crippen LogP contribution in [0.15, 0.2) is 34.4 Å². The summed E-state index contributed by atoms with van der Waals surface area (Å²) in [6, 6.07) is 5.05. The van der Waals surface area contributed by atoms with Crippen molar-refractivity contribution in [2.24, 2.45) is 5.92 Å². The van der Waals surface area contributed by atoms with Crippen molar-refractivity contribution in [1.29, 1.82) is 0 Å². The van der Waals surface area contributed by atoms with Crippen LogP contribution < -0.4 is 5.32 Å². The normalized spacial score (nSPS) is 16.5. The molecule has 1 aliphatic rings. The largest absolute Gasteiger partial charge is 0.349 e. The molecule has 0 saturated heterocycles. The molecule has 1 N–H and O–H groups in total. The average Bonchev–Trinajstić information content (AvgIpc) is 3.03. The van der Waals surface area contributed by atoms with Crippen molar-refractivity contribution in [2.45, 2.75) is 38.8 Å². The van der Waals surface area contributed by atoms with Gasteiger partial charge in [0.05, 0.1) is 6.54 Å². The van der Waals surface area contributed by atoms with Crippen molar-refractivity contribution >= 4 is 27.3 Å². The third-order valence-corrected chi connectivity index (χ3v) is 5.48. The minimum Gasteiger partial charge on any atom is -0.349 e. The molecule has 0 aliphatic heterocycles. The lowest BCUT2D eigenvalue weighted by atomic mass is 10.1. The Kier molecular flexibility index (Phi) is 4.64. The van der Waals surface area contributed by atoms with E-state index >= 15 is 0 Å². The molecule has 108 valence electrons. The van der Waals surface area contributed by atoms with Gasteiger partial charge in [0, 0.05) is 33.2 Å². The monoisotopic (exact) mass is 352 g/mol. The average molecular weight is 353 g/mol. The Morgan fingerprint density at radius 1 is 1.50 bits per heavy atom. The van der Waals surface area contributed by atoms with Crippen LogP contribution in [0.2, 0.25) is 0 Å². The van der Waals surface area contributed by atoms with E-state index in [1.54, 1.807) is 0 Å². The summed E-state index contributed by atoms with van der Waals surface area (Å²) in [6.07, 6.45) is 8.49. The molecule has 2 aromatic rings. The molecule has 1 saturated carbocycles. The van der Waals surface area contributed by atoms with Gasteiger partial charge in [0.2, 0.25) is 0 Å². The Morgan fingerprint density at radius 3 is 3.00 bits per heavy atom. The maximum atomic E-state index is 3.71. The molecule has 0 radical (unpaired) electrons. The molecule has 0 aromatic carbocycles. The first-order valence-corrected chi connectivity index (χ1v) is 9.05. The summed E-state index contributed by atoms with van der Waals surface area (Å²) in [4.78, 5) is 1.39. The highest BCUT2D eigenvalue weighted by molar-refractivity contribution is 9.10. The van der Waals surface area contributed by atoms with Crippen LogP contribution in [0.3, 0.4) is 0 Å². The van der Waals surface area contributed by atoms with Crippen LogP contribution in [0.4, 0.5) is 0 Å². The molecule has 20 heavy (non-hydrogen) atoms. The van der Waals surface area contributed by atoms with E-state index in [1.165, 1.54) is 34.2 Å². The third kappa shape index (κ3) is 3.54. The van der Waals surface area contributed by atoms with Gasteiger partial charge in [-0.2, -0.15) is 0 Å². The van der Waals surface area contributed by atoms with Gasteiger partial charge in [-0.1, -0.05) is 6.92 Å². The van der Waals surface area contributed by atoms with Gasteiger partial charge in [0.25, 0.3) is 0 Å². The SMILES string of the molecule is CCCNC(c1ccn(Cc2cc(Br)cs2)c1)C1CC1. The third-order valence-electron chi connectivity index (χ3n) is 3.80. The zero-order valence-corrected chi connectivity index (χ0v) is 14.2. The van der Waals surface area contributed by atoms with Gasteiger partial charge in [0.1, 0.15) is 0 Å². The van der Waals surface area contributed by atoms with Crippen molar-refractivity contribution in [2.75, 3.05) is 6.54 Å². The Morgan fingerprint density at radius 2 is 2.35 bits per heavy atom. The van der Waals surface area contributed by atoms with E-state index in [0.717, 1.165) is 19.0 Å². The molecule has 0 amide bonds. The van der Waals surface area contributed by atoms with Crippen LogP contribution in [0.1, 0.15) is 42.7 Å². The van der Waals surface area contributed by atoms with Gasteiger partial charge in [-0.15, -0.1) is 11.3 Å². The lowest BCUT2D eigenvalue weighted by Crippen LogP contribution is -2.23. The Labute approximate surface area is 133 Å². The van der Waals surface area contributed by atoms with E-state index in [-0.39, 0.29) is 0 Å². The summed E-state index contributed by atoms with van der Waals surface area (Å²) in [5.41, 5.74) is 1.46. The quantitative estimate of drug-likeness (QED) is 0.756. The molecule has 2 heterocycles. The second-order valence-corrected chi connectivity index (χ2v) is 7.53. The first-order chi connectivity index (χ1) is 9.76. The van der Waals surface area contributed by atoms with Crippen LogP contribution in [-0.4, -0.2) is 11.1 Å². The highest BCUT2D eigenvalue weighted by atomic mass is 79.9. The summed E-state index contributed by atoms with van der Waals surface area (Å²) < 4.78 is 3.49. The molecule has 1 fully saturated rings. The maximum Gasteiger partial charge on any atom is 0.0564 e. The second-order valence-electron chi connectivity index (χ2n) is 5.62. The van der Waals surface area contributed by atoms with Gasteiger partial charge >= 0.3 is 0 Å². The molecule has 0 spiro atoms. The van der Waals surface area contributed by atoms with Gasteiger partial charge in [-0.3, -0.25) is 0 Å². The lowest BCUT2D eigenvalue weighted by molar-refractivity contribution is 0.480. The smallest absolute Gasteiger partial charge is 0.0564 e. The van der Waals surface area contributed by atoms with Crippen molar-refractivity contribution in [3.63, 3.8) is 0 Å². The molecule has 3 rings (SSSR count). The number of rotatable bonds is 7. The maximum absolute atomic E-state index is 3.71. The molecule has 1 atom stereocenters. The highest BCUT2D eigenvalue weighted by Crippen LogP contribution is 2.41. The number of hydrogen-bond donors (Lipinski definition) is 1. The summed E-state index contributed by atoms with van der Waals surface area (Å²) in [5, 5.41) is 5.86. The van der Waals surface area contributed by atoms with E-state index < -0.39 is 0 Å². The van der Waals surface area contributed by atoms with Crippen LogP contribution in [0.5, 0.6) is 0 Å². The molecule has 4 heteroatoms. The van der Waals surface area contributed by atoms with E-state index in [1.807, 2.05) is 11.3 Å². The second kappa shape index (κ2) is 6.46. The van der Waals surface area contributed by atoms with Crippen LogP contribution >= 0.6 is 27.3 Å². The predicted octanol–water partition coefficient (Wildman–Crippen LogP) is 4.81. The minimum atomic E-state index is 0.561. The van der Waals surface area contributed by atoms with E-state index in [4.69, 9.17) is 0 Å². The number of hydrogen-bond acceptors (Lipinski definition) is 2. The van der Waals surface area contributed by atoms with Gasteiger partial charge in [0.15, 0.2) is 0 Å². The number of halogens is 1. The first kappa shape index (κ1) is 14.4. The number of nitrogens with one attached hydrogen (secondary N) is 1. The fourth-order valence-electron chi connectivity index (χ4n) is 2.64. The zero-order valence-electron chi connectivity index (χ0n) is 11.8. The van der Waals surface area contributed by atoms with Crippen molar-refractivity contribution in [1.82, 2.24) is 9.88 Å².